The predicted octanol–water partition coefficient (Wildman–Crippen LogP) is 0.328. The first kappa shape index (κ1) is 9.03. The molecule has 0 aromatic carbocycles. The van der Waals surface area contributed by atoms with E-state index in [9.17, 15) is 9.59 Å². The lowest BCUT2D eigenvalue weighted by Crippen LogP contribution is -2.29. The molecule has 1 rings (SSSR count). The molecule has 1 heterocycles. The molecule has 1 aliphatic heterocycles. The first-order valence-electron chi connectivity index (χ1n) is 4.00. The van der Waals surface area contributed by atoms with E-state index in [4.69, 9.17) is 5.11 Å². The monoisotopic (exact) mass is 171 g/mol. The first-order valence-corrected chi connectivity index (χ1v) is 4.00. The third-order valence-corrected chi connectivity index (χ3v) is 2.56. The predicted molar refractivity (Wildman–Crippen MR) is 42.6 cm³/mol. The lowest BCUT2D eigenvalue weighted by Gasteiger charge is -2.18. The van der Waals surface area contributed by atoms with Gasteiger partial charge in [0, 0.05) is 19.5 Å². The smallest absolute Gasteiger partial charge is 0.303 e. The molecule has 1 aliphatic rings. The normalized spacial score (nSPS) is 29.5. The summed E-state index contributed by atoms with van der Waals surface area (Å²) < 4.78 is 0. The average Bonchev–Trinajstić information content (AvgIpc) is 2.17. The number of aliphatic carboxylic acids is 1. The highest BCUT2D eigenvalue weighted by atomic mass is 16.4. The van der Waals surface area contributed by atoms with Gasteiger partial charge in [-0.15, -0.1) is 0 Å². The van der Waals surface area contributed by atoms with Crippen LogP contribution in [0.4, 0.5) is 0 Å². The van der Waals surface area contributed by atoms with Crippen LogP contribution in [0, 0.1) is 5.92 Å². The molecule has 1 N–H and O–H groups in total. The SMILES string of the molecule is C[C@@H]1[C@@H](CC(=O)O)CC(=O)N1C. The van der Waals surface area contributed by atoms with Crippen LogP contribution >= 0.6 is 0 Å². The maximum absolute atomic E-state index is 11.1. The summed E-state index contributed by atoms with van der Waals surface area (Å²) in [6, 6.07) is 0.0635. The fourth-order valence-electron chi connectivity index (χ4n) is 1.55. The molecule has 0 aromatic rings. The van der Waals surface area contributed by atoms with E-state index in [1.54, 1.807) is 11.9 Å². The summed E-state index contributed by atoms with van der Waals surface area (Å²) in [4.78, 5) is 23.1. The summed E-state index contributed by atoms with van der Waals surface area (Å²) in [5, 5.41) is 8.53. The molecule has 0 aliphatic carbocycles. The number of hydrogen-bond acceptors (Lipinski definition) is 2. The molecule has 0 unspecified atom stereocenters. The number of nitrogens with zero attached hydrogens (tertiary/aromatic N) is 1. The van der Waals surface area contributed by atoms with E-state index in [1.165, 1.54) is 0 Å². The van der Waals surface area contributed by atoms with Crippen molar-refractivity contribution in [1.29, 1.82) is 0 Å². The van der Waals surface area contributed by atoms with E-state index in [0.717, 1.165) is 0 Å². The van der Waals surface area contributed by atoms with Crippen molar-refractivity contribution in [2.75, 3.05) is 7.05 Å². The van der Waals surface area contributed by atoms with Crippen LogP contribution in [-0.4, -0.2) is 35.0 Å². The van der Waals surface area contributed by atoms with Crippen LogP contribution in [0.25, 0.3) is 0 Å². The van der Waals surface area contributed by atoms with E-state index in [0.29, 0.717) is 6.42 Å². The van der Waals surface area contributed by atoms with Crippen LogP contribution < -0.4 is 0 Å². The molecule has 0 radical (unpaired) electrons. The van der Waals surface area contributed by atoms with Crippen LogP contribution in [-0.2, 0) is 9.59 Å². The second-order valence-electron chi connectivity index (χ2n) is 3.31. The fraction of sp³-hybridized carbons (Fsp3) is 0.750. The average molecular weight is 171 g/mol. The summed E-state index contributed by atoms with van der Waals surface area (Å²) >= 11 is 0. The van der Waals surface area contributed by atoms with Gasteiger partial charge in [0.15, 0.2) is 0 Å². The Bertz CT molecular complexity index is 212. The summed E-state index contributed by atoms with van der Waals surface area (Å²) in [5.41, 5.74) is 0. The van der Waals surface area contributed by atoms with Gasteiger partial charge < -0.3 is 10.0 Å². The van der Waals surface area contributed by atoms with Gasteiger partial charge in [0.2, 0.25) is 5.91 Å². The number of rotatable bonds is 2. The molecule has 1 saturated heterocycles. The number of carboxylic acids is 1. The summed E-state index contributed by atoms with van der Waals surface area (Å²) in [6.45, 7) is 1.89. The van der Waals surface area contributed by atoms with Gasteiger partial charge in [-0.3, -0.25) is 9.59 Å². The molecule has 68 valence electrons. The van der Waals surface area contributed by atoms with Crippen molar-refractivity contribution >= 4 is 11.9 Å². The minimum absolute atomic E-state index is 0.0139. The highest BCUT2D eigenvalue weighted by Gasteiger charge is 2.35. The Morgan fingerprint density at radius 1 is 1.75 bits per heavy atom. The van der Waals surface area contributed by atoms with Crippen LogP contribution in [0.5, 0.6) is 0 Å². The summed E-state index contributed by atoms with van der Waals surface area (Å²) in [7, 11) is 1.72. The molecule has 2 atom stereocenters. The minimum atomic E-state index is -0.824. The van der Waals surface area contributed by atoms with Crippen molar-refractivity contribution in [1.82, 2.24) is 4.90 Å². The van der Waals surface area contributed by atoms with E-state index < -0.39 is 5.97 Å². The molecule has 1 amide bonds. The highest BCUT2D eigenvalue weighted by molar-refractivity contribution is 5.80. The topological polar surface area (TPSA) is 57.6 Å². The van der Waals surface area contributed by atoms with E-state index in [-0.39, 0.29) is 24.3 Å². The molecule has 0 saturated carbocycles. The summed E-state index contributed by atoms with van der Waals surface area (Å²) in [5.74, 6) is -0.788. The van der Waals surface area contributed by atoms with E-state index >= 15 is 0 Å². The number of amides is 1. The standard InChI is InChI=1S/C8H13NO3/c1-5-6(4-8(11)12)3-7(10)9(5)2/h5-6H,3-4H2,1-2H3,(H,11,12)/t5-,6-/m1/s1. The number of hydrogen-bond donors (Lipinski definition) is 1. The van der Waals surface area contributed by atoms with Crippen molar-refractivity contribution < 1.29 is 14.7 Å². The Morgan fingerprint density at radius 3 is 2.67 bits per heavy atom. The van der Waals surface area contributed by atoms with Gasteiger partial charge in [0.05, 0.1) is 6.42 Å². The van der Waals surface area contributed by atoms with Crippen molar-refractivity contribution in [3.63, 3.8) is 0 Å². The number of carboxylic acid groups (broad SMARTS) is 1. The van der Waals surface area contributed by atoms with Crippen molar-refractivity contribution in [3.8, 4) is 0 Å². The highest BCUT2D eigenvalue weighted by Crippen LogP contribution is 2.26. The number of carbonyl (C=O) groups excluding carboxylic acids is 1. The molecule has 12 heavy (non-hydrogen) atoms. The zero-order valence-corrected chi connectivity index (χ0v) is 7.28. The number of carbonyl (C=O) groups is 2. The molecular formula is C8H13NO3. The zero-order valence-electron chi connectivity index (χ0n) is 7.28. The Balaban J connectivity index is 2.58. The molecule has 1 fully saturated rings. The second-order valence-corrected chi connectivity index (χ2v) is 3.31. The van der Waals surface area contributed by atoms with Crippen molar-refractivity contribution in [3.05, 3.63) is 0 Å². The lowest BCUT2D eigenvalue weighted by molar-refractivity contribution is -0.138. The number of likely N-dealkylation sites (tertiary alicyclic amines) is 1. The maximum Gasteiger partial charge on any atom is 0.303 e. The maximum atomic E-state index is 11.1. The van der Waals surface area contributed by atoms with Gasteiger partial charge in [0.1, 0.15) is 0 Å². The molecule has 0 spiro atoms. The molecular weight excluding hydrogens is 158 g/mol. The van der Waals surface area contributed by atoms with Gasteiger partial charge in [0.25, 0.3) is 0 Å². The van der Waals surface area contributed by atoms with Crippen LogP contribution in [0.2, 0.25) is 0 Å². The zero-order chi connectivity index (χ0) is 9.30. The molecule has 4 nitrogen and oxygen atoms in total. The third-order valence-electron chi connectivity index (χ3n) is 2.56. The quantitative estimate of drug-likeness (QED) is 0.651. The second kappa shape index (κ2) is 3.13. The lowest BCUT2D eigenvalue weighted by atomic mass is 9.98. The fourth-order valence-corrected chi connectivity index (χ4v) is 1.55. The van der Waals surface area contributed by atoms with Gasteiger partial charge in [-0.05, 0) is 12.8 Å². The summed E-state index contributed by atoms with van der Waals surface area (Å²) in [6.07, 6.45) is 0.473. The Labute approximate surface area is 71.2 Å². The third kappa shape index (κ3) is 1.57. The molecule has 4 heteroatoms. The van der Waals surface area contributed by atoms with Crippen molar-refractivity contribution in [2.24, 2.45) is 5.92 Å². The van der Waals surface area contributed by atoms with E-state index in [2.05, 4.69) is 0 Å². The Kier molecular flexibility index (Phi) is 2.35. The van der Waals surface area contributed by atoms with Gasteiger partial charge >= 0.3 is 5.97 Å². The van der Waals surface area contributed by atoms with Gasteiger partial charge in [-0.1, -0.05) is 0 Å². The first-order chi connectivity index (χ1) is 5.52. The van der Waals surface area contributed by atoms with E-state index in [1.807, 2.05) is 6.92 Å². The van der Waals surface area contributed by atoms with Gasteiger partial charge in [-0.2, -0.15) is 0 Å². The van der Waals surface area contributed by atoms with Crippen LogP contribution in [0.1, 0.15) is 19.8 Å². The Hall–Kier alpha value is -1.06. The van der Waals surface area contributed by atoms with Gasteiger partial charge in [-0.25, -0.2) is 0 Å². The minimum Gasteiger partial charge on any atom is -0.481 e. The molecule has 0 aromatic heterocycles. The van der Waals surface area contributed by atoms with Crippen LogP contribution in [0.3, 0.4) is 0 Å². The van der Waals surface area contributed by atoms with Crippen molar-refractivity contribution in [2.45, 2.75) is 25.8 Å². The largest absolute Gasteiger partial charge is 0.481 e. The molecule has 0 bridgehead atoms. The Morgan fingerprint density at radius 2 is 2.33 bits per heavy atom. The van der Waals surface area contributed by atoms with Crippen LogP contribution in [0.15, 0.2) is 0 Å².